The quantitative estimate of drug-likeness (QED) is 0.382. The summed E-state index contributed by atoms with van der Waals surface area (Å²) < 4.78 is 4.17. The van der Waals surface area contributed by atoms with Gasteiger partial charge >= 0.3 is 11.9 Å². The molecular weight excluding hydrogens is 204 g/mol. The van der Waals surface area contributed by atoms with Crippen molar-refractivity contribution in [2.75, 3.05) is 0 Å². The molecule has 0 radical (unpaired) electrons. The molecule has 1 atom stereocenters. The molecule has 6 heteroatoms. The average molecular weight is 212 g/mol. The number of hydrogen-bond acceptors (Lipinski definition) is 6. The average Bonchev–Trinajstić information content (AvgIpc) is 1.99. The van der Waals surface area contributed by atoms with E-state index in [1.807, 2.05) is 0 Å². The van der Waals surface area contributed by atoms with E-state index in [0.29, 0.717) is 0 Å². The number of carbonyl (C=O) groups is 4. The molecule has 1 aliphatic heterocycles. The summed E-state index contributed by atoms with van der Waals surface area (Å²) in [5.41, 5.74) is -0.644. The van der Waals surface area contributed by atoms with Crippen LogP contribution in [0.5, 0.6) is 0 Å². The van der Waals surface area contributed by atoms with Crippen molar-refractivity contribution in [3.05, 3.63) is 11.3 Å². The zero-order valence-electron chi connectivity index (χ0n) is 8.07. The first kappa shape index (κ1) is 11.1. The first-order chi connectivity index (χ1) is 6.86. The van der Waals surface area contributed by atoms with Crippen molar-refractivity contribution >= 4 is 23.5 Å². The predicted molar refractivity (Wildman–Crippen MR) is 45.6 cm³/mol. The fraction of sp³-hybridized carbons (Fsp3) is 0.333. The van der Waals surface area contributed by atoms with Crippen LogP contribution < -0.4 is 0 Å². The Hall–Kier alpha value is -1.98. The van der Waals surface area contributed by atoms with Crippen molar-refractivity contribution in [1.82, 2.24) is 0 Å². The Balaban J connectivity index is 3.33. The van der Waals surface area contributed by atoms with Crippen LogP contribution in [0.1, 0.15) is 13.8 Å². The van der Waals surface area contributed by atoms with Crippen LogP contribution in [0.15, 0.2) is 11.3 Å². The van der Waals surface area contributed by atoms with Crippen LogP contribution in [0, 0.1) is 5.92 Å². The highest BCUT2D eigenvalue weighted by Gasteiger charge is 2.41. The van der Waals surface area contributed by atoms with Gasteiger partial charge in [0.1, 0.15) is 11.3 Å². The van der Waals surface area contributed by atoms with Gasteiger partial charge < -0.3 is 9.84 Å². The molecule has 80 valence electrons. The Morgan fingerprint density at radius 3 is 2.20 bits per heavy atom. The van der Waals surface area contributed by atoms with E-state index in [-0.39, 0.29) is 0 Å². The molecule has 0 aromatic heterocycles. The maximum Gasteiger partial charge on any atom is 0.352 e. The van der Waals surface area contributed by atoms with Crippen LogP contribution in [0.4, 0.5) is 0 Å². The van der Waals surface area contributed by atoms with Gasteiger partial charge in [-0.25, -0.2) is 4.79 Å². The van der Waals surface area contributed by atoms with Crippen LogP contribution >= 0.6 is 0 Å². The third kappa shape index (κ3) is 1.78. The molecule has 0 spiro atoms. The van der Waals surface area contributed by atoms with Crippen LogP contribution in [-0.2, 0) is 23.9 Å². The molecule has 1 N–H and O–H groups in total. The minimum atomic E-state index is -1.57. The van der Waals surface area contributed by atoms with E-state index in [2.05, 4.69) is 4.74 Å². The highest BCUT2D eigenvalue weighted by atomic mass is 16.6. The molecule has 6 nitrogen and oxygen atoms in total. The summed E-state index contributed by atoms with van der Waals surface area (Å²) in [4.78, 5) is 44.0. The van der Waals surface area contributed by atoms with E-state index < -0.39 is 40.8 Å². The van der Waals surface area contributed by atoms with E-state index in [4.69, 9.17) is 0 Å². The zero-order valence-corrected chi connectivity index (χ0v) is 8.07. The lowest BCUT2D eigenvalue weighted by molar-refractivity contribution is -0.163. The normalized spacial score (nSPS) is 21.3. The molecule has 15 heavy (non-hydrogen) atoms. The number of ketones is 2. The second-order valence-electron chi connectivity index (χ2n) is 3.07. The summed E-state index contributed by atoms with van der Waals surface area (Å²) in [5.74, 6) is -6.21. The number of carbonyl (C=O) groups excluding carboxylic acids is 4. The highest BCUT2D eigenvalue weighted by molar-refractivity contribution is 6.23. The van der Waals surface area contributed by atoms with E-state index in [9.17, 15) is 24.3 Å². The summed E-state index contributed by atoms with van der Waals surface area (Å²) >= 11 is 0. The Labute approximate surface area is 84.5 Å². The van der Waals surface area contributed by atoms with Gasteiger partial charge in [-0.05, 0) is 13.8 Å². The number of ether oxygens (including phenoxy) is 1. The van der Waals surface area contributed by atoms with Gasteiger partial charge in [0.25, 0.3) is 0 Å². The maximum absolute atomic E-state index is 11.1. The Bertz CT molecular complexity index is 403. The lowest BCUT2D eigenvalue weighted by Gasteiger charge is -2.18. The van der Waals surface area contributed by atoms with Crippen LogP contribution in [-0.4, -0.2) is 28.6 Å². The van der Waals surface area contributed by atoms with Gasteiger partial charge in [0, 0.05) is 0 Å². The summed E-state index contributed by atoms with van der Waals surface area (Å²) in [6, 6.07) is 0. The van der Waals surface area contributed by atoms with Crippen molar-refractivity contribution < 1.29 is 29.0 Å². The topological polar surface area (TPSA) is 97.7 Å². The molecule has 0 aromatic carbocycles. The van der Waals surface area contributed by atoms with Crippen molar-refractivity contribution in [3.8, 4) is 0 Å². The first-order valence-corrected chi connectivity index (χ1v) is 4.06. The van der Waals surface area contributed by atoms with Crippen molar-refractivity contribution in [2.45, 2.75) is 13.8 Å². The molecule has 0 aliphatic carbocycles. The smallest absolute Gasteiger partial charge is 0.352 e. The summed E-state index contributed by atoms with van der Waals surface area (Å²) in [5, 5.41) is 9.43. The summed E-state index contributed by atoms with van der Waals surface area (Å²) in [6.45, 7) is 2.08. The number of aliphatic hydroxyl groups is 1. The lowest BCUT2D eigenvalue weighted by Crippen LogP contribution is -2.36. The molecular formula is C9H8O6. The number of hydrogen-bond donors (Lipinski definition) is 1. The Morgan fingerprint density at radius 2 is 1.80 bits per heavy atom. The zero-order chi connectivity index (χ0) is 11.7. The second-order valence-corrected chi connectivity index (χ2v) is 3.07. The fourth-order valence-electron chi connectivity index (χ4n) is 1.24. The van der Waals surface area contributed by atoms with E-state index >= 15 is 0 Å². The molecule has 0 fully saturated rings. The monoisotopic (exact) mass is 212 g/mol. The van der Waals surface area contributed by atoms with Gasteiger partial charge in [0.15, 0.2) is 17.5 Å². The molecule has 1 aliphatic rings. The SMILES string of the molecule is CC(=O)C1=C(O)C(C(C)=O)C(=O)OC1=O. The lowest BCUT2D eigenvalue weighted by atomic mass is 9.95. The van der Waals surface area contributed by atoms with Gasteiger partial charge in [-0.1, -0.05) is 0 Å². The van der Waals surface area contributed by atoms with Gasteiger partial charge in [-0.15, -0.1) is 0 Å². The predicted octanol–water partition coefficient (Wildman–Crippen LogP) is -0.324. The second kappa shape index (κ2) is 3.64. The summed E-state index contributed by atoms with van der Waals surface area (Å²) in [7, 11) is 0. The third-order valence-electron chi connectivity index (χ3n) is 1.92. The number of Topliss-reactive ketones (excluding diaryl/α,β-unsaturated/α-hetero) is 2. The van der Waals surface area contributed by atoms with Gasteiger partial charge in [-0.3, -0.25) is 14.4 Å². The van der Waals surface area contributed by atoms with Crippen LogP contribution in [0.3, 0.4) is 0 Å². The highest BCUT2D eigenvalue weighted by Crippen LogP contribution is 2.23. The van der Waals surface area contributed by atoms with Gasteiger partial charge in [-0.2, -0.15) is 0 Å². The fourth-order valence-corrected chi connectivity index (χ4v) is 1.24. The summed E-state index contributed by atoms with van der Waals surface area (Å²) in [6.07, 6.45) is 0. The molecule has 1 rings (SSSR count). The third-order valence-corrected chi connectivity index (χ3v) is 1.92. The molecule has 0 aromatic rings. The molecule has 0 saturated heterocycles. The molecule has 1 unspecified atom stereocenters. The molecule has 0 amide bonds. The standard InChI is InChI=1S/C9H8O6/c1-3(10)5-7(12)6(4(2)11)9(14)15-8(5)13/h5,12H,1-2H3. The minimum Gasteiger partial charge on any atom is -0.510 e. The first-order valence-electron chi connectivity index (χ1n) is 4.06. The number of aliphatic hydroxyl groups excluding tert-OH is 1. The van der Waals surface area contributed by atoms with Crippen molar-refractivity contribution in [2.24, 2.45) is 5.92 Å². The maximum atomic E-state index is 11.1. The van der Waals surface area contributed by atoms with E-state index in [1.54, 1.807) is 0 Å². The minimum absolute atomic E-state index is 0.644. The number of esters is 2. The largest absolute Gasteiger partial charge is 0.510 e. The number of rotatable bonds is 2. The Kier molecular flexibility index (Phi) is 2.69. The van der Waals surface area contributed by atoms with E-state index in [1.165, 1.54) is 0 Å². The van der Waals surface area contributed by atoms with Crippen molar-refractivity contribution in [1.29, 1.82) is 0 Å². The molecule has 1 heterocycles. The van der Waals surface area contributed by atoms with Crippen molar-refractivity contribution in [3.63, 3.8) is 0 Å². The molecule has 0 saturated carbocycles. The van der Waals surface area contributed by atoms with Gasteiger partial charge in [0.2, 0.25) is 0 Å². The number of cyclic esters (lactones) is 2. The van der Waals surface area contributed by atoms with Crippen LogP contribution in [0.2, 0.25) is 0 Å². The Morgan fingerprint density at radius 1 is 1.27 bits per heavy atom. The van der Waals surface area contributed by atoms with Gasteiger partial charge in [0.05, 0.1) is 0 Å². The molecule has 0 bridgehead atoms. The van der Waals surface area contributed by atoms with Crippen LogP contribution in [0.25, 0.3) is 0 Å². The van der Waals surface area contributed by atoms with E-state index in [0.717, 1.165) is 13.8 Å².